The van der Waals surface area contributed by atoms with E-state index in [4.69, 9.17) is 11.5 Å². The van der Waals surface area contributed by atoms with E-state index in [1.165, 1.54) is 38.5 Å². The minimum absolute atomic E-state index is 0.0694. The van der Waals surface area contributed by atoms with Gasteiger partial charge in [-0.25, -0.2) is 4.79 Å². The molecule has 4 saturated carbocycles. The topological polar surface area (TPSA) is 72.3 Å². The summed E-state index contributed by atoms with van der Waals surface area (Å²) < 4.78 is 0. The van der Waals surface area contributed by atoms with Crippen LogP contribution in [0.1, 0.15) is 38.5 Å². The maximum atomic E-state index is 11.7. The highest BCUT2D eigenvalue weighted by Gasteiger charge is 2.54. The van der Waals surface area contributed by atoms with E-state index < -0.39 is 0 Å². The fraction of sp³-hybridized carbons (Fsp3) is 0.923. The predicted octanol–water partition coefficient (Wildman–Crippen LogP) is 1.29. The number of carbonyl (C=O) groups is 1. The fourth-order valence-electron chi connectivity index (χ4n) is 5.11. The smallest absolute Gasteiger partial charge is 0.315 e. The highest BCUT2D eigenvalue weighted by Crippen LogP contribution is 2.57. The minimum atomic E-state index is -0.266. The molecule has 0 heterocycles. The summed E-state index contributed by atoms with van der Waals surface area (Å²) in [5.41, 5.74) is 11.3. The molecule has 0 aromatic carbocycles. The number of amides is 2. The Balaban J connectivity index is 1.87. The average molecular weight is 237 g/mol. The average Bonchev–Trinajstić information content (AvgIpc) is 2.23. The molecule has 0 unspecified atom stereocenters. The Morgan fingerprint density at radius 1 is 1.12 bits per heavy atom. The Hall–Kier alpha value is -0.770. The summed E-state index contributed by atoms with van der Waals surface area (Å²) in [6.07, 6.45) is 7.66. The summed E-state index contributed by atoms with van der Waals surface area (Å²) in [6.45, 7) is 1.15. The molecule has 4 fully saturated rings. The lowest BCUT2D eigenvalue weighted by atomic mass is 9.52. The molecule has 4 aliphatic rings. The molecular weight excluding hydrogens is 214 g/mol. The Morgan fingerprint density at radius 2 is 1.59 bits per heavy atom. The Bertz CT molecular complexity index is 293. The number of hydrogen-bond acceptors (Lipinski definition) is 2. The predicted molar refractivity (Wildman–Crippen MR) is 66.2 cm³/mol. The summed E-state index contributed by atoms with van der Waals surface area (Å²) in [5.74, 6) is 2.50. The van der Waals surface area contributed by atoms with Crippen molar-refractivity contribution in [3.8, 4) is 0 Å². The van der Waals surface area contributed by atoms with Crippen molar-refractivity contribution in [3.05, 3.63) is 0 Å². The van der Waals surface area contributed by atoms with Gasteiger partial charge in [0.25, 0.3) is 0 Å². The molecule has 0 aromatic heterocycles. The van der Waals surface area contributed by atoms with Crippen molar-refractivity contribution in [1.29, 1.82) is 0 Å². The van der Waals surface area contributed by atoms with Crippen LogP contribution in [0.4, 0.5) is 4.79 Å². The molecule has 0 atom stereocenters. The zero-order chi connectivity index (χ0) is 12.0. The minimum Gasteiger partial charge on any atom is -0.351 e. The molecule has 96 valence electrons. The van der Waals surface area contributed by atoms with Crippen LogP contribution in [-0.2, 0) is 0 Å². The van der Waals surface area contributed by atoms with Gasteiger partial charge >= 0.3 is 6.03 Å². The third-order valence-corrected chi connectivity index (χ3v) is 5.20. The Kier molecular flexibility index (Phi) is 2.58. The van der Waals surface area contributed by atoms with Crippen LogP contribution >= 0.6 is 0 Å². The van der Waals surface area contributed by atoms with Crippen molar-refractivity contribution >= 4 is 6.03 Å². The molecule has 4 aliphatic carbocycles. The number of urea groups is 1. The SMILES string of the molecule is NCCN(C(N)=O)C12CC3CC(CC(C3)C1)C2. The summed E-state index contributed by atoms with van der Waals surface area (Å²) in [7, 11) is 0. The summed E-state index contributed by atoms with van der Waals surface area (Å²) in [6, 6.07) is -0.266. The summed E-state index contributed by atoms with van der Waals surface area (Å²) in [5, 5.41) is 0. The van der Waals surface area contributed by atoms with E-state index >= 15 is 0 Å². The molecule has 0 saturated heterocycles. The van der Waals surface area contributed by atoms with Crippen LogP contribution in [0.25, 0.3) is 0 Å². The molecular formula is C13H23N3O. The zero-order valence-corrected chi connectivity index (χ0v) is 10.4. The van der Waals surface area contributed by atoms with Gasteiger partial charge in [-0.3, -0.25) is 0 Å². The van der Waals surface area contributed by atoms with E-state index in [0.717, 1.165) is 17.8 Å². The second kappa shape index (κ2) is 3.87. The molecule has 4 nitrogen and oxygen atoms in total. The number of hydrogen-bond donors (Lipinski definition) is 2. The maximum Gasteiger partial charge on any atom is 0.315 e. The number of nitrogens with two attached hydrogens (primary N) is 2. The number of primary amides is 1. The summed E-state index contributed by atoms with van der Waals surface area (Å²) in [4.78, 5) is 13.6. The Morgan fingerprint density at radius 3 is 1.94 bits per heavy atom. The van der Waals surface area contributed by atoms with Crippen molar-refractivity contribution < 1.29 is 4.79 Å². The highest BCUT2D eigenvalue weighted by atomic mass is 16.2. The second-order valence-corrected chi connectivity index (χ2v) is 6.42. The van der Waals surface area contributed by atoms with Gasteiger partial charge in [-0.1, -0.05) is 0 Å². The number of rotatable bonds is 3. The molecule has 0 radical (unpaired) electrons. The Labute approximate surface area is 103 Å². The standard InChI is InChI=1S/C13H23N3O/c14-1-2-16(12(15)17)13-6-9-3-10(7-13)5-11(4-9)8-13/h9-11H,1-8,14H2,(H2,15,17). The normalized spacial score (nSPS) is 42.8. The second-order valence-electron chi connectivity index (χ2n) is 6.42. The first-order valence-electron chi connectivity index (χ1n) is 6.90. The lowest BCUT2D eigenvalue weighted by molar-refractivity contribution is -0.0681. The lowest BCUT2D eigenvalue weighted by Gasteiger charge is -2.60. The van der Waals surface area contributed by atoms with Crippen molar-refractivity contribution in [1.82, 2.24) is 4.90 Å². The molecule has 0 aliphatic heterocycles. The first-order valence-corrected chi connectivity index (χ1v) is 6.90. The summed E-state index contributed by atoms with van der Waals surface area (Å²) >= 11 is 0. The van der Waals surface area contributed by atoms with Crippen LogP contribution in [-0.4, -0.2) is 29.6 Å². The zero-order valence-electron chi connectivity index (χ0n) is 10.4. The van der Waals surface area contributed by atoms with Crippen LogP contribution in [0.5, 0.6) is 0 Å². The van der Waals surface area contributed by atoms with E-state index in [0.29, 0.717) is 13.1 Å². The van der Waals surface area contributed by atoms with E-state index in [1.54, 1.807) is 0 Å². The van der Waals surface area contributed by atoms with Gasteiger partial charge in [0.2, 0.25) is 0 Å². The van der Waals surface area contributed by atoms with Gasteiger partial charge in [-0.05, 0) is 56.3 Å². The molecule has 0 aromatic rings. The molecule has 2 amide bonds. The van der Waals surface area contributed by atoms with Crippen molar-refractivity contribution in [2.45, 2.75) is 44.1 Å². The first kappa shape index (κ1) is 11.3. The highest BCUT2D eigenvalue weighted by molar-refractivity contribution is 5.73. The molecule has 4 rings (SSSR count). The van der Waals surface area contributed by atoms with Gasteiger partial charge in [0.05, 0.1) is 0 Å². The molecule has 4 bridgehead atoms. The van der Waals surface area contributed by atoms with E-state index in [1.807, 2.05) is 4.90 Å². The van der Waals surface area contributed by atoms with Crippen molar-refractivity contribution in [2.24, 2.45) is 29.2 Å². The first-order chi connectivity index (χ1) is 8.13. The monoisotopic (exact) mass is 237 g/mol. The fourth-order valence-corrected chi connectivity index (χ4v) is 5.11. The molecule has 4 N–H and O–H groups in total. The van der Waals surface area contributed by atoms with Crippen molar-refractivity contribution in [3.63, 3.8) is 0 Å². The van der Waals surface area contributed by atoms with Crippen LogP contribution in [0.15, 0.2) is 0 Å². The van der Waals surface area contributed by atoms with E-state index in [2.05, 4.69) is 0 Å². The number of carbonyl (C=O) groups excluding carboxylic acids is 1. The molecule has 17 heavy (non-hydrogen) atoms. The molecule has 4 heteroatoms. The third kappa shape index (κ3) is 1.73. The van der Waals surface area contributed by atoms with E-state index in [-0.39, 0.29) is 11.6 Å². The van der Waals surface area contributed by atoms with Gasteiger partial charge in [0.1, 0.15) is 0 Å². The van der Waals surface area contributed by atoms with Gasteiger partial charge in [-0.15, -0.1) is 0 Å². The van der Waals surface area contributed by atoms with E-state index in [9.17, 15) is 4.79 Å². The van der Waals surface area contributed by atoms with Crippen LogP contribution in [0.3, 0.4) is 0 Å². The lowest BCUT2D eigenvalue weighted by Crippen LogP contribution is -2.63. The quantitative estimate of drug-likeness (QED) is 0.776. The molecule has 0 spiro atoms. The number of nitrogens with zero attached hydrogens (tertiary/aromatic N) is 1. The van der Waals surface area contributed by atoms with Crippen molar-refractivity contribution in [2.75, 3.05) is 13.1 Å². The van der Waals surface area contributed by atoms with Crippen LogP contribution in [0, 0.1) is 17.8 Å². The van der Waals surface area contributed by atoms with Gasteiger partial charge in [-0.2, -0.15) is 0 Å². The largest absolute Gasteiger partial charge is 0.351 e. The van der Waals surface area contributed by atoms with Gasteiger partial charge < -0.3 is 16.4 Å². The maximum absolute atomic E-state index is 11.7. The van der Waals surface area contributed by atoms with Gasteiger partial charge in [0, 0.05) is 18.6 Å². The van der Waals surface area contributed by atoms with Gasteiger partial charge in [0.15, 0.2) is 0 Å². The third-order valence-electron chi connectivity index (χ3n) is 5.20. The van der Waals surface area contributed by atoms with Crippen LogP contribution in [0.2, 0.25) is 0 Å². The van der Waals surface area contributed by atoms with Crippen LogP contribution < -0.4 is 11.5 Å².